The van der Waals surface area contributed by atoms with E-state index in [1.807, 2.05) is 0 Å². The highest BCUT2D eigenvalue weighted by molar-refractivity contribution is 7.13. The van der Waals surface area contributed by atoms with E-state index in [1.54, 1.807) is 11.3 Å². The van der Waals surface area contributed by atoms with Gasteiger partial charge >= 0.3 is 0 Å². The maximum absolute atomic E-state index is 4.50. The molecule has 0 radical (unpaired) electrons. The Bertz CT molecular complexity index is 312. The molecule has 0 atom stereocenters. The predicted octanol–water partition coefficient (Wildman–Crippen LogP) is 3.24. The van der Waals surface area contributed by atoms with Gasteiger partial charge in [0.25, 0.3) is 0 Å². The zero-order valence-electron chi connectivity index (χ0n) is 11.7. The summed E-state index contributed by atoms with van der Waals surface area (Å²) in [6.07, 6.45) is 1.02. The SMILES string of the molecule is CCc1csc(NCCN(C(C)C)C(C)C)n1. The van der Waals surface area contributed by atoms with Crippen LogP contribution in [0.2, 0.25) is 0 Å². The molecule has 0 fully saturated rings. The van der Waals surface area contributed by atoms with Gasteiger partial charge in [0.15, 0.2) is 5.13 Å². The second-order valence-electron chi connectivity index (χ2n) is 4.85. The van der Waals surface area contributed by atoms with Crippen molar-refractivity contribution in [2.45, 2.75) is 53.1 Å². The molecule has 0 spiro atoms. The zero-order chi connectivity index (χ0) is 12.8. The molecule has 0 aromatic carbocycles. The lowest BCUT2D eigenvalue weighted by Gasteiger charge is -2.30. The van der Waals surface area contributed by atoms with Gasteiger partial charge in [0, 0.05) is 30.6 Å². The van der Waals surface area contributed by atoms with Crippen molar-refractivity contribution in [3.05, 3.63) is 11.1 Å². The van der Waals surface area contributed by atoms with Crippen LogP contribution in [0.25, 0.3) is 0 Å². The van der Waals surface area contributed by atoms with Crippen LogP contribution in [-0.4, -0.2) is 35.1 Å². The summed E-state index contributed by atoms with van der Waals surface area (Å²) in [5.74, 6) is 0. The molecule has 0 aliphatic rings. The lowest BCUT2D eigenvalue weighted by Crippen LogP contribution is -2.40. The summed E-state index contributed by atoms with van der Waals surface area (Å²) < 4.78 is 0. The molecule has 0 unspecified atom stereocenters. The van der Waals surface area contributed by atoms with Crippen molar-refractivity contribution >= 4 is 16.5 Å². The van der Waals surface area contributed by atoms with E-state index in [-0.39, 0.29) is 0 Å². The first kappa shape index (κ1) is 14.5. The van der Waals surface area contributed by atoms with E-state index in [0.717, 1.165) is 24.6 Å². The molecular weight excluding hydrogens is 230 g/mol. The van der Waals surface area contributed by atoms with Gasteiger partial charge in [-0.1, -0.05) is 6.92 Å². The first-order valence-electron chi connectivity index (χ1n) is 6.48. The van der Waals surface area contributed by atoms with E-state index in [2.05, 4.69) is 55.2 Å². The zero-order valence-corrected chi connectivity index (χ0v) is 12.5. The second kappa shape index (κ2) is 6.97. The number of anilines is 1. The van der Waals surface area contributed by atoms with Gasteiger partial charge in [-0.2, -0.15) is 0 Å². The Morgan fingerprint density at radius 2 is 1.94 bits per heavy atom. The average molecular weight is 255 g/mol. The minimum Gasteiger partial charge on any atom is -0.360 e. The van der Waals surface area contributed by atoms with Crippen molar-refractivity contribution in [1.29, 1.82) is 0 Å². The van der Waals surface area contributed by atoms with E-state index < -0.39 is 0 Å². The Morgan fingerprint density at radius 3 is 2.41 bits per heavy atom. The molecule has 0 amide bonds. The van der Waals surface area contributed by atoms with Crippen LogP contribution in [0, 0.1) is 0 Å². The van der Waals surface area contributed by atoms with Crippen LogP contribution >= 0.6 is 11.3 Å². The fourth-order valence-corrected chi connectivity index (χ4v) is 2.78. The van der Waals surface area contributed by atoms with Gasteiger partial charge in [-0.25, -0.2) is 4.98 Å². The topological polar surface area (TPSA) is 28.2 Å². The third-order valence-corrected chi connectivity index (χ3v) is 3.74. The van der Waals surface area contributed by atoms with Gasteiger partial charge < -0.3 is 5.32 Å². The van der Waals surface area contributed by atoms with Crippen molar-refractivity contribution in [3.63, 3.8) is 0 Å². The molecule has 1 aromatic heterocycles. The highest BCUT2D eigenvalue weighted by Gasteiger charge is 2.12. The van der Waals surface area contributed by atoms with Crippen molar-refractivity contribution in [1.82, 2.24) is 9.88 Å². The van der Waals surface area contributed by atoms with E-state index in [4.69, 9.17) is 0 Å². The van der Waals surface area contributed by atoms with E-state index in [9.17, 15) is 0 Å². The molecule has 98 valence electrons. The Balaban J connectivity index is 2.35. The normalized spacial score (nSPS) is 11.8. The summed E-state index contributed by atoms with van der Waals surface area (Å²) in [7, 11) is 0. The monoisotopic (exact) mass is 255 g/mol. The Labute approximate surface area is 109 Å². The number of aryl methyl sites for hydroxylation is 1. The second-order valence-corrected chi connectivity index (χ2v) is 5.71. The molecule has 1 rings (SSSR count). The molecule has 3 nitrogen and oxygen atoms in total. The number of hydrogen-bond donors (Lipinski definition) is 1. The van der Waals surface area contributed by atoms with E-state index in [0.29, 0.717) is 12.1 Å². The number of rotatable bonds is 7. The van der Waals surface area contributed by atoms with Crippen LogP contribution in [0.5, 0.6) is 0 Å². The smallest absolute Gasteiger partial charge is 0.182 e. The predicted molar refractivity (Wildman–Crippen MR) is 77.0 cm³/mol. The van der Waals surface area contributed by atoms with Crippen molar-refractivity contribution < 1.29 is 0 Å². The largest absolute Gasteiger partial charge is 0.360 e. The molecule has 0 saturated carbocycles. The molecule has 0 aliphatic carbocycles. The minimum absolute atomic E-state index is 0.597. The van der Waals surface area contributed by atoms with Crippen LogP contribution < -0.4 is 5.32 Å². The highest BCUT2D eigenvalue weighted by atomic mass is 32.1. The summed E-state index contributed by atoms with van der Waals surface area (Å²) in [6.45, 7) is 13.2. The molecule has 1 heterocycles. The van der Waals surface area contributed by atoms with Gasteiger partial charge in [0.2, 0.25) is 0 Å². The lowest BCUT2D eigenvalue weighted by atomic mass is 10.2. The third kappa shape index (κ3) is 4.64. The molecule has 0 bridgehead atoms. The number of nitrogens with one attached hydrogen (secondary N) is 1. The van der Waals surface area contributed by atoms with Crippen LogP contribution in [0.3, 0.4) is 0 Å². The summed E-state index contributed by atoms with van der Waals surface area (Å²) in [5, 5.41) is 6.59. The number of nitrogens with zero attached hydrogens (tertiary/aromatic N) is 2. The molecule has 4 heteroatoms. The van der Waals surface area contributed by atoms with E-state index >= 15 is 0 Å². The first-order valence-corrected chi connectivity index (χ1v) is 7.36. The van der Waals surface area contributed by atoms with Crippen LogP contribution in [0.4, 0.5) is 5.13 Å². The average Bonchev–Trinajstić information content (AvgIpc) is 2.71. The fourth-order valence-electron chi connectivity index (χ4n) is 1.96. The maximum Gasteiger partial charge on any atom is 0.182 e. The van der Waals surface area contributed by atoms with Gasteiger partial charge in [0.1, 0.15) is 0 Å². The molecule has 0 aliphatic heterocycles. The molecule has 17 heavy (non-hydrogen) atoms. The Kier molecular flexibility index (Phi) is 5.92. The standard InChI is InChI=1S/C13H25N3S/c1-6-12-9-17-13(15-12)14-7-8-16(10(2)3)11(4)5/h9-11H,6-8H2,1-5H3,(H,14,15). The summed E-state index contributed by atoms with van der Waals surface area (Å²) in [5.41, 5.74) is 1.18. The number of thiazole rings is 1. The van der Waals surface area contributed by atoms with Gasteiger partial charge in [-0.3, -0.25) is 4.90 Å². The number of aromatic nitrogens is 1. The lowest BCUT2D eigenvalue weighted by molar-refractivity contribution is 0.182. The Morgan fingerprint density at radius 1 is 1.29 bits per heavy atom. The molecule has 0 saturated heterocycles. The van der Waals surface area contributed by atoms with Crippen LogP contribution in [-0.2, 0) is 6.42 Å². The van der Waals surface area contributed by atoms with Gasteiger partial charge in [-0.15, -0.1) is 11.3 Å². The van der Waals surface area contributed by atoms with Crippen molar-refractivity contribution in [2.24, 2.45) is 0 Å². The van der Waals surface area contributed by atoms with Gasteiger partial charge in [-0.05, 0) is 34.1 Å². The summed E-state index contributed by atoms with van der Waals surface area (Å²) in [4.78, 5) is 6.99. The van der Waals surface area contributed by atoms with Crippen molar-refractivity contribution in [3.8, 4) is 0 Å². The third-order valence-electron chi connectivity index (χ3n) is 2.89. The van der Waals surface area contributed by atoms with Crippen LogP contribution in [0.1, 0.15) is 40.3 Å². The Hall–Kier alpha value is -0.610. The summed E-state index contributed by atoms with van der Waals surface area (Å²) >= 11 is 1.70. The maximum atomic E-state index is 4.50. The molecule has 1 N–H and O–H groups in total. The van der Waals surface area contributed by atoms with E-state index in [1.165, 1.54) is 5.69 Å². The quantitative estimate of drug-likeness (QED) is 0.811. The fraction of sp³-hybridized carbons (Fsp3) is 0.769. The first-order chi connectivity index (χ1) is 8.04. The minimum atomic E-state index is 0.597. The molecular formula is C13H25N3S. The van der Waals surface area contributed by atoms with Crippen molar-refractivity contribution in [2.75, 3.05) is 18.4 Å². The van der Waals surface area contributed by atoms with Crippen LogP contribution in [0.15, 0.2) is 5.38 Å². The summed E-state index contributed by atoms with van der Waals surface area (Å²) in [6, 6.07) is 1.19. The number of hydrogen-bond acceptors (Lipinski definition) is 4. The van der Waals surface area contributed by atoms with Gasteiger partial charge in [0.05, 0.1) is 5.69 Å². The highest BCUT2D eigenvalue weighted by Crippen LogP contribution is 2.15. The molecule has 1 aromatic rings.